The van der Waals surface area contributed by atoms with Crippen molar-refractivity contribution in [3.63, 3.8) is 0 Å². The molecule has 156 valence electrons. The Labute approximate surface area is 177 Å². The van der Waals surface area contributed by atoms with Crippen LogP contribution in [-0.2, 0) is 25.7 Å². The lowest BCUT2D eigenvalue weighted by Crippen LogP contribution is -2.36. The highest BCUT2D eigenvalue weighted by Crippen LogP contribution is 2.21. The topological polar surface area (TPSA) is 79.3 Å². The van der Waals surface area contributed by atoms with Crippen LogP contribution in [0.5, 0.6) is 0 Å². The zero-order valence-corrected chi connectivity index (χ0v) is 16.9. The first-order chi connectivity index (χ1) is 14.4. The van der Waals surface area contributed by atoms with Crippen molar-refractivity contribution in [1.82, 2.24) is 4.90 Å². The second-order valence-corrected chi connectivity index (χ2v) is 7.02. The molecule has 2 aromatic rings. The van der Waals surface area contributed by atoms with Gasteiger partial charge in [-0.25, -0.2) is 14.2 Å². The maximum atomic E-state index is 13.9. The van der Waals surface area contributed by atoms with Gasteiger partial charge in [-0.3, -0.25) is 9.59 Å². The Morgan fingerprint density at radius 1 is 1.17 bits per heavy atom. The summed E-state index contributed by atoms with van der Waals surface area (Å²) < 4.78 is 18.9. The van der Waals surface area contributed by atoms with E-state index >= 15 is 0 Å². The van der Waals surface area contributed by atoms with E-state index in [9.17, 15) is 18.8 Å². The van der Waals surface area contributed by atoms with Crippen molar-refractivity contribution < 1.29 is 23.5 Å². The highest BCUT2D eigenvalue weighted by Gasteiger charge is 2.27. The van der Waals surface area contributed by atoms with Crippen molar-refractivity contribution >= 4 is 40.8 Å². The molecule has 1 heterocycles. The van der Waals surface area contributed by atoms with E-state index in [0.717, 1.165) is 5.01 Å². The van der Waals surface area contributed by atoms with E-state index in [0.29, 0.717) is 5.69 Å². The first-order valence-corrected chi connectivity index (χ1v) is 9.54. The molecule has 0 N–H and O–H groups in total. The Balaban J connectivity index is 1.60. The number of hydrazone groups is 1. The van der Waals surface area contributed by atoms with Crippen molar-refractivity contribution in [3.8, 4) is 0 Å². The average Bonchev–Trinajstić information content (AvgIpc) is 2.75. The molecule has 0 saturated heterocycles. The highest BCUT2D eigenvalue weighted by molar-refractivity contribution is 6.38. The van der Waals surface area contributed by atoms with E-state index in [1.165, 1.54) is 30.1 Å². The van der Waals surface area contributed by atoms with Gasteiger partial charge in [0.2, 0.25) is 5.91 Å². The minimum atomic E-state index is -0.783. The molecule has 9 heteroatoms. The third-order valence-electron chi connectivity index (χ3n) is 4.48. The summed E-state index contributed by atoms with van der Waals surface area (Å²) in [4.78, 5) is 37.9. The number of halogens is 2. The molecule has 0 aliphatic carbocycles. The van der Waals surface area contributed by atoms with E-state index in [-0.39, 0.29) is 41.6 Å². The maximum Gasteiger partial charge on any atom is 0.355 e. The molecule has 0 fully saturated rings. The Bertz CT molecular complexity index is 977. The number of rotatable bonds is 6. The smallest absolute Gasteiger partial charge is 0.355 e. The summed E-state index contributed by atoms with van der Waals surface area (Å²) in [5, 5.41) is 5.43. The van der Waals surface area contributed by atoms with Crippen LogP contribution in [-0.4, -0.2) is 42.0 Å². The van der Waals surface area contributed by atoms with Crippen LogP contribution < -0.4 is 5.01 Å². The summed E-state index contributed by atoms with van der Waals surface area (Å²) in [6.07, 6.45) is 0.221. The molecule has 7 nitrogen and oxygen atoms in total. The van der Waals surface area contributed by atoms with Gasteiger partial charge in [-0.15, -0.1) is 0 Å². The molecule has 1 aliphatic rings. The van der Waals surface area contributed by atoms with Gasteiger partial charge in [0.05, 0.1) is 5.69 Å². The number of esters is 1. The Hall–Kier alpha value is -3.26. The lowest BCUT2D eigenvalue weighted by molar-refractivity contribution is -0.146. The number of hydrogen-bond acceptors (Lipinski definition) is 5. The first-order valence-electron chi connectivity index (χ1n) is 9.16. The summed E-state index contributed by atoms with van der Waals surface area (Å²) in [5.41, 5.74) is 0.756. The van der Waals surface area contributed by atoms with Gasteiger partial charge in [0, 0.05) is 37.0 Å². The van der Waals surface area contributed by atoms with Crippen LogP contribution in [0, 0.1) is 5.82 Å². The van der Waals surface area contributed by atoms with Crippen molar-refractivity contribution in [3.05, 3.63) is 64.9 Å². The van der Waals surface area contributed by atoms with Crippen molar-refractivity contribution in [2.24, 2.45) is 5.10 Å². The minimum Gasteiger partial charge on any atom is -0.451 e. The number of ether oxygens (including phenoxy) is 1. The zero-order chi connectivity index (χ0) is 21.7. The predicted molar refractivity (Wildman–Crippen MR) is 109 cm³/mol. The van der Waals surface area contributed by atoms with E-state index in [1.54, 1.807) is 30.3 Å². The SMILES string of the molecule is CN(Cc1c(F)cccc1Cl)C(=O)COC(=O)C1=NN(c2ccccc2)C(=O)CC1. The lowest BCUT2D eigenvalue weighted by Gasteiger charge is -2.23. The fraction of sp³-hybridized carbons (Fsp3) is 0.238. The van der Waals surface area contributed by atoms with Crippen LogP contribution in [0.3, 0.4) is 0 Å². The molecule has 0 atom stereocenters. The molecule has 0 radical (unpaired) electrons. The monoisotopic (exact) mass is 431 g/mol. The van der Waals surface area contributed by atoms with Crippen LogP contribution in [0.4, 0.5) is 10.1 Å². The van der Waals surface area contributed by atoms with Crippen molar-refractivity contribution in [2.75, 3.05) is 18.7 Å². The van der Waals surface area contributed by atoms with E-state index in [2.05, 4.69) is 5.10 Å². The van der Waals surface area contributed by atoms with Gasteiger partial charge in [-0.1, -0.05) is 35.9 Å². The van der Waals surface area contributed by atoms with Gasteiger partial charge >= 0.3 is 5.97 Å². The van der Waals surface area contributed by atoms with Gasteiger partial charge in [0.25, 0.3) is 5.91 Å². The number of anilines is 1. The second-order valence-electron chi connectivity index (χ2n) is 6.61. The summed E-state index contributed by atoms with van der Waals surface area (Å²) in [6, 6.07) is 12.9. The standard InChI is InChI=1S/C21H19ClFN3O4/c1-25(12-15-16(22)8-5-9-17(15)23)20(28)13-30-21(29)18-10-11-19(27)26(24-18)14-6-3-2-4-7-14/h2-9H,10-13H2,1H3. The van der Waals surface area contributed by atoms with Crippen LogP contribution >= 0.6 is 11.6 Å². The van der Waals surface area contributed by atoms with Gasteiger partial charge in [-0.2, -0.15) is 5.10 Å². The van der Waals surface area contributed by atoms with Gasteiger partial charge in [0.15, 0.2) is 6.61 Å². The molecule has 0 spiro atoms. The number of hydrogen-bond donors (Lipinski definition) is 0. The fourth-order valence-corrected chi connectivity index (χ4v) is 3.02. The largest absolute Gasteiger partial charge is 0.451 e. The first kappa shape index (κ1) is 21.4. The zero-order valence-electron chi connectivity index (χ0n) is 16.2. The molecule has 0 aromatic heterocycles. The highest BCUT2D eigenvalue weighted by atomic mass is 35.5. The van der Waals surface area contributed by atoms with E-state index < -0.39 is 24.3 Å². The Morgan fingerprint density at radius 2 is 1.90 bits per heavy atom. The number of carbonyl (C=O) groups excluding carboxylic acids is 3. The molecule has 1 aliphatic heterocycles. The number of para-hydroxylation sites is 1. The van der Waals surface area contributed by atoms with Crippen LogP contribution in [0.2, 0.25) is 5.02 Å². The second kappa shape index (κ2) is 9.49. The third-order valence-corrected chi connectivity index (χ3v) is 4.83. The summed E-state index contributed by atoms with van der Waals surface area (Å²) in [7, 11) is 1.45. The number of benzene rings is 2. The number of nitrogens with zero attached hydrogens (tertiary/aromatic N) is 3. The molecule has 2 aromatic carbocycles. The normalized spacial score (nSPS) is 13.6. The minimum absolute atomic E-state index is 0.0473. The average molecular weight is 432 g/mol. The van der Waals surface area contributed by atoms with Crippen molar-refractivity contribution in [2.45, 2.75) is 19.4 Å². The number of likely N-dealkylation sites (N-methyl/N-ethyl adjacent to an activating group) is 1. The van der Waals surface area contributed by atoms with Crippen LogP contribution in [0.1, 0.15) is 18.4 Å². The van der Waals surface area contributed by atoms with E-state index in [4.69, 9.17) is 16.3 Å². The summed E-state index contributed by atoms with van der Waals surface area (Å²) >= 11 is 5.97. The molecule has 30 heavy (non-hydrogen) atoms. The fourth-order valence-electron chi connectivity index (χ4n) is 2.80. The Morgan fingerprint density at radius 3 is 2.60 bits per heavy atom. The van der Waals surface area contributed by atoms with Gasteiger partial charge in [-0.05, 0) is 24.3 Å². The Kier molecular flexibility index (Phi) is 6.79. The number of amides is 2. The molecular formula is C21H19ClFN3O4. The van der Waals surface area contributed by atoms with E-state index in [1.807, 2.05) is 0 Å². The van der Waals surface area contributed by atoms with Crippen molar-refractivity contribution in [1.29, 1.82) is 0 Å². The maximum absolute atomic E-state index is 13.9. The molecular weight excluding hydrogens is 413 g/mol. The quantitative estimate of drug-likeness (QED) is 0.658. The van der Waals surface area contributed by atoms with Gasteiger partial charge in [0.1, 0.15) is 11.5 Å². The predicted octanol–water partition coefficient (Wildman–Crippen LogP) is 3.16. The molecule has 2 amide bonds. The third kappa shape index (κ3) is 5.01. The lowest BCUT2D eigenvalue weighted by atomic mass is 10.1. The van der Waals surface area contributed by atoms with Gasteiger partial charge < -0.3 is 9.64 Å². The molecule has 0 unspecified atom stereocenters. The molecule has 0 saturated carbocycles. The molecule has 0 bridgehead atoms. The van der Waals surface area contributed by atoms with Crippen LogP contribution in [0.25, 0.3) is 0 Å². The number of carbonyl (C=O) groups is 3. The summed E-state index contributed by atoms with van der Waals surface area (Å²) in [5.74, 6) is -2.08. The molecule has 3 rings (SSSR count). The van der Waals surface area contributed by atoms with Crippen LogP contribution in [0.15, 0.2) is 53.6 Å². The summed E-state index contributed by atoms with van der Waals surface area (Å²) in [6.45, 7) is -0.612.